The summed E-state index contributed by atoms with van der Waals surface area (Å²) in [7, 11) is 0. The minimum absolute atomic E-state index is 0.317. The summed E-state index contributed by atoms with van der Waals surface area (Å²) in [5.41, 5.74) is 3.47. The van der Waals surface area contributed by atoms with Gasteiger partial charge in [0.2, 0.25) is 0 Å². The van der Waals surface area contributed by atoms with E-state index in [9.17, 15) is 4.79 Å². The second-order valence-corrected chi connectivity index (χ2v) is 3.80. The molecule has 1 atom stereocenters. The van der Waals surface area contributed by atoms with Gasteiger partial charge in [0.25, 0.3) is 0 Å². The van der Waals surface area contributed by atoms with Gasteiger partial charge in [0, 0.05) is 12.0 Å². The highest BCUT2D eigenvalue weighted by Gasteiger charge is 2.25. The van der Waals surface area contributed by atoms with E-state index in [2.05, 4.69) is 32.0 Å². The molecular weight excluding hydrogens is 160 g/mol. The molecule has 68 valence electrons. The number of rotatable bonds is 1. The Hall–Kier alpha value is -1.11. The van der Waals surface area contributed by atoms with Gasteiger partial charge < -0.3 is 0 Å². The largest absolute Gasteiger partial charge is 0.294 e. The average molecular weight is 174 g/mol. The third kappa shape index (κ3) is 1.28. The number of hydrogen-bond acceptors (Lipinski definition) is 1. The molecule has 0 amide bonds. The van der Waals surface area contributed by atoms with Gasteiger partial charge in [-0.15, -0.1) is 0 Å². The van der Waals surface area contributed by atoms with Crippen LogP contribution in [0.5, 0.6) is 0 Å². The maximum absolute atomic E-state index is 11.5. The van der Waals surface area contributed by atoms with Gasteiger partial charge in [-0.3, -0.25) is 4.79 Å². The summed E-state index contributed by atoms with van der Waals surface area (Å²) in [5, 5.41) is 0. The van der Waals surface area contributed by atoms with E-state index < -0.39 is 0 Å². The van der Waals surface area contributed by atoms with Gasteiger partial charge in [0.15, 0.2) is 5.78 Å². The third-order valence-electron chi connectivity index (χ3n) is 2.85. The van der Waals surface area contributed by atoms with Crippen LogP contribution in [-0.2, 0) is 6.42 Å². The predicted molar refractivity (Wildman–Crippen MR) is 53.2 cm³/mol. The summed E-state index contributed by atoms with van der Waals surface area (Å²) in [6, 6.07) is 6.30. The molecule has 0 radical (unpaired) electrons. The van der Waals surface area contributed by atoms with Gasteiger partial charge in [-0.05, 0) is 29.5 Å². The lowest BCUT2D eigenvalue weighted by Crippen LogP contribution is -1.92. The normalized spacial score (nSPS) is 20.5. The van der Waals surface area contributed by atoms with E-state index in [4.69, 9.17) is 0 Å². The van der Waals surface area contributed by atoms with Crippen molar-refractivity contribution >= 4 is 5.78 Å². The van der Waals surface area contributed by atoms with Crippen molar-refractivity contribution in [1.82, 2.24) is 0 Å². The first kappa shape index (κ1) is 8.49. The average Bonchev–Trinajstić information content (AvgIpc) is 2.42. The first-order chi connectivity index (χ1) is 6.22. The Morgan fingerprint density at radius 1 is 1.46 bits per heavy atom. The van der Waals surface area contributed by atoms with Crippen LogP contribution in [0.15, 0.2) is 18.2 Å². The van der Waals surface area contributed by atoms with Gasteiger partial charge in [-0.1, -0.05) is 26.0 Å². The minimum atomic E-state index is 0.317. The molecule has 2 rings (SSSR count). The lowest BCUT2D eigenvalue weighted by molar-refractivity contribution is 0.0990. The van der Waals surface area contributed by atoms with E-state index in [1.54, 1.807) is 0 Å². The molecule has 1 aliphatic rings. The molecule has 0 N–H and O–H groups in total. The molecule has 0 aromatic heterocycles. The molecule has 1 aliphatic carbocycles. The molecule has 0 heterocycles. The lowest BCUT2D eigenvalue weighted by atomic mass is 10.0. The van der Waals surface area contributed by atoms with Crippen LogP contribution in [0, 0.1) is 0 Å². The monoisotopic (exact) mass is 174 g/mol. The van der Waals surface area contributed by atoms with Crippen molar-refractivity contribution in [3.05, 3.63) is 34.9 Å². The third-order valence-corrected chi connectivity index (χ3v) is 2.85. The van der Waals surface area contributed by atoms with E-state index in [0.717, 1.165) is 12.0 Å². The van der Waals surface area contributed by atoms with Crippen LogP contribution in [0.2, 0.25) is 0 Å². The van der Waals surface area contributed by atoms with E-state index >= 15 is 0 Å². The number of aryl methyl sites for hydroxylation is 1. The molecule has 1 heteroatoms. The Morgan fingerprint density at radius 2 is 2.23 bits per heavy atom. The van der Waals surface area contributed by atoms with Gasteiger partial charge in [-0.25, -0.2) is 0 Å². The maximum Gasteiger partial charge on any atom is 0.163 e. The first-order valence-electron chi connectivity index (χ1n) is 4.88. The number of carbonyl (C=O) groups is 1. The van der Waals surface area contributed by atoms with Crippen LogP contribution >= 0.6 is 0 Å². The Labute approximate surface area is 78.8 Å². The van der Waals surface area contributed by atoms with E-state index in [1.165, 1.54) is 11.1 Å². The van der Waals surface area contributed by atoms with Crippen LogP contribution in [-0.4, -0.2) is 5.78 Å². The minimum Gasteiger partial charge on any atom is -0.294 e. The van der Waals surface area contributed by atoms with Crippen molar-refractivity contribution in [2.24, 2.45) is 0 Å². The fourth-order valence-corrected chi connectivity index (χ4v) is 1.99. The van der Waals surface area contributed by atoms with Crippen molar-refractivity contribution in [2.75, 3.05) is 0 Å². The standard InChI is InChI=1S/C12H14O/c1-3-9-4-5-10-8(2)6-12(13)11(10)7-9/h4-5,7-8H,3,6H2,1-2H3. The van der Waals surface area contributed by atoms with Crippen molar-refractivity contribution in [3.63, 3.8) is 0 Å². The fraction of sp³-hybridized carbons (Fsp3) is 0.417. The second kappa shape index (κ2) is 2.99. The highest BCUT2D eigenvalue weighted by atomic mass is 16.1. The van der Waals surface area contributed by atoms with Crippen LogP contribution in [0.1, 0.15) is 47.7 Å². The van der Waals surface area contributed by atoms with Crippen LogP contribution in [0.3, 0.4) is 0 Å². The highest BCUT2D eigenvalue weighted by molar-refractivity contribution is 6.01. The molecule has 0 saturated carbocycles. The summed E-state index contributed by atoms with van der Waals surface area (Å²) in [4.78, 5) is 11.5. The Morgan fingerprint density at radius 3 is 2.92 bits per heavy atom. The fourth-order valence-electron chi connectivity index (χ4n) is 1.99. The van der Waals surface area contributed by atoms with E-state index in [0.29, 0.717) is 18.1 Å². The van der Waals surface area contributed by atoms with Gasteiger partial charge in [0.1, 0.15) is 0 Å². The molecule has 1 unspecified atom stereocenters. The van der Waals surface area contributed by atoms with Gasteiger partial charge in [-0.2, -0.15) is 0 Å². The molecule has 13 heavy (non-hydrogen) atoms. The summed E-state index contributed by atoms with van der Waals surface area (Å²) < 4.78 is 0. The highest BCUT2D eigenvalue weighted by Crippen LogP contribution is 2.32. The van der Waals surface area contributed by atoms with E-state index in [1.807, 2.05) is 0 Å². The Kier molecular flexibility index (Phi) is 1.95. The molecule has 0 bridgehead atoms. The second-order valence-electron chi connectivity index (χ2n) is 3.80. The number of fused-ring (bicyclic) bond motifs is 1. The molecule has 1 aromatic carbocycles. The van der Waals surface area contributed by atoms with Crippen LogP contribution < -0.4 is 0 Å². The van der Waals surface area contributed by atoms with Gasteiger partial charge in [0.05, 0.1) is 0 Å². The molecule has 1 nitrogen and oxygen atoms in total. The number of benzene rings is 1. The zero-order valence-electron chi connectivity index (χ0n) is 8.13. The first-order valence-corrected chi connectivity index (χ1v) is 4.88. The molecule has 0 spiro atoms. The topological polar surface area (TPSA) is 17.1 Å². The molecule has 0 fully saturated rings. The number of hydrogen-bond donors (Lipinski definition) is 0. The van der Waals surface area contributed by atoms with Crippen molar-refractivity contribution in [3.8, 4) is 0 Å². The zero-order valence-corrected chi connectivity index (χ0v) is 8.13. The van der Waals surface area contributed by atoms with E-state index in [-0.39, 0.29) is 0 Å². The van der Waals surface area contributed by atoms with Crippen molar-refractivity contribution in [1.29, 1.82) is 0 Å². The summed E-state index contributed by atoms with van der Waals surface area (Å²) in [6.45, 7) is 4.24. The summed E-state index contributed by atoms with van der Waals surface area (Å²) >= 11 is 0. The van der Waals surface area contributed by atoms with Gasteiger partial charge >= 0.3 is 0 Å². The predicted octanol–water partition coefficient (Wildman–Crippen LogP) is 2.94. The lowest BCUT2D eigenvalue weighted by Gasteiger charge is -2.03. The van der Waals surface area contributed by atoms with Crippen LogP contribution in [0.25, 0.3) is 0 Å². The zero-order chi connectivity index (χ0) is 9.42. The molecule has 0 saturated heterocycles. The number of carbonyl (C=O) groups excluding carboxylic acids is 1. The SMILES string of the molecule is CCc1ccc2c(c1)C(=O)CC2C. The smallest absolute Gasteiger partial charge is 0.163 e. The molecular formula is C12H14O. The Balaban J connectivity index is 2.52. The number of Topliss-reactive ketones (excluding diaryl/α,β-unsaturated/α-hetero) is 1. The quantitative estimate of drug-likeness (QED) is 0.639. The van der Waals surface area contributed by atoms with Crippen molar-refractivity contribution in [2.45, 2.75) is 32.6 Å². The Bertz CT molecular complexity index is 352. The molecule has 1 aromatic rings. The van der Waals surface area contributed by atoms with Crippen LogP contribution in [0.4, 0.5) is 0 Å². The van der Waals surface area contributed by atoms with Crippen molar-refractivity contribution < 1.29 is 4.79 Å². The maximum atomic E-state index is 11.5. The molecule has 0 aliphatic heterocycles. The summed E-state index contributed by atoms with van der Waals surface area (Å²) in [6.07, 6.45) is 1.71. The summed E-state index contributed by atoms with van der Waals surface area (Å²) in [5.74, 6) is 0.742. The number of ketones is 1.